The number of alkyl halides is 3. The van der Waals surface area contributed by atoms with Crippen molar-refractivity contribution in [2.45, 2.75) is 48.5 Å². The quantitative estimate of drug-likeness (QED) is 0.807. The number of rotatable bonds is 3. The van der Waals surface area contributed by atoms with Crippen molar-refractivity contribution in [1.29, 1.82) is 0 Å². The number of hydrogen-bond acceptors (Lipinski definition) is 4. The van der Waals surface area contributed by atoms with E-state index in [4.69, 9.17) is 5.73 Å². The molecule has 1 amide bonds. The van der Waals surface area contributed by atoms with Gasteiger partial charge in [0.1, 0.15) is 0 Å². The van der Waals surface area contributed by atoms with Gasteiger partial charge in [-0.25, -0.2) is 8.42 Å². The molecule has 0 unspecified atom stereocenters. The zero-order valence-corrected chi connectivity index (χ0v) is 13.7. The third kappa shape index (κ3) is 4.07. The number of sulfone groups is 1. The average Bonchev–Trinajstić information content (AvgIpc) is 2.71. The molecule has 0 saturated heterocycles. The van der Waals surface area contributed by atoms with Gasteiger partial charge in [-0.1, -0.05) is 25.3 Å². The molecule has 3 N–H and O–H groups in total. The number of anilines is 1. The highest BCUT2D eigenvalue weighted by Gasteiger charge is 2.46. The highest BCUT2D eigenvalue weighted by molar-refractivity contribution is 7.92. The van der Waals surface area contributed by atoms with Gasteiger partial charge in [0.15, 0.2) is 0 Å². The highest BCUT2D eigenvalue weighted by Crippen LogP contribution is 2.31. The number of carbonyl (C=O) groups is 1. The number of nitrogens with one attached hydrogen (secondary N) is 1. The topological polar surface area (TPSA) is 89.3 Å². The van der Waals surface area contributed by atoms with Crippen LogP contribution in [0.1, 0.15) is 32.1 Å². The second-order valence-electron chi connectivity index (χ2n) is 5.87. The molecule has 1 fully saturated rings. The summed E-state index contributed by atoms with van der Waals surface area (Å²) in [5.74, 6) is -0.832. The summed E-state index contributed by atoms with van der Waals surface area (Å²) >= 11 is 0. The van der Waals surface area contributed by atoms with Gasteiger partial charge in [-0.15, -0.1) is 0 Å². The first kappa shape index (κ1) is 18.7. The zero-order chi connectivity index (χ0) is 18.0. The Morgan fingerprint density at radius 2 is 1.83 bits per heavy atom. The fourth-order valence-corrected chi connectivity index (χ4v) is 3.58. The van der Waals surface area contributed by atoms with Crippen LogP contribution in [0.3, 0.4) is 0 Å². The Bertz CT molecular complexity index is 704. The second-order valence-corrected chi connectivity index (χ2v) is 7.82. The summed E-state index contributed by atoms with van der Waals surface area (Å²) < 4.78 is 60.7. The van der Waals surface area contributed by atoms with E-state index in [2.05, 4.69) is 5.32 Å². The van der Waals surface area contributed by atoms with Gasteiger partial charge in [-0.3, -0.25) is 4.79 Å². The van der Waals surface area contributed by atoms with E-state index < -0.39 is 32.1 Å². The maximum atomic E-state index is 12.6. The van der Waals surface area contributed by atoms with E-state index in [1.165, 1.54) is 6.07 Å². The lowest BCUT2D eigenvalue weighted by Crippen LogP contribution is -2.37. The van der Waals surface area contributed by atoms with E-state index in [9.17, 15) is 26.4 Å². The van der Waals surface area contributed by atoms with Crippen LogP contribution in [-0.2, 0) is 14.6 Å². The van der Waals surface area contributed by atoms with E-state index in [1.54, 1.807) is 0 Å². The lowest BCUT2D eigenvalue weighted by atomic mass is 9.94. The summed E-state index contributed by atoms with van der Waals surface area (Å²) in [7, 11) is -5.45. The van der Waals surface area contributed by atoms with E-state index >= 15 is 0 Å². The molecule has 0 heterocycles. The number of nitrogens with two attached hydrogens (primary N) is 1. The van der Waals surface area contributed by atoms with Crippen LogP contribution >= 0.6 is 0 Å². The number of carbonyl (C=O) groups excluding carboxylic acids is 1. The van der Waals surface area contributed by atoms with Crippen molar-refractivity contribution < 1.29 is 26.4 Å². The van der Waals surface area contributed by atoms with Gasteiger partial charge in [0.2, 0.25) is 5.91 Å². The van der Waals surface area contributed by atoms with Crippen LogP contribution in [0.5, 0.6) is 0 Å². The Labute approximate surface area is 138 Å². The average molecular weight is 364 g/mol. The summed E-state index contributed by atoms with van der Waals surface area (Å²) in [6, 6.07) is 3.84. The van der Waals surface area contributed by atoms with Crippen molar-refractivity contribution in [1.82, 2.24) is 0 Å². The maximum absolute atomic E-state index is 12.6. The van der Waals surface area contributed by atoms with Crippen LogP contribution in [0.15, 0.2) is 29.2 Å². The fraction of sp³-hybridized carbons (Fsp3) is 0.533. The first-order chi connectivity index (χ1) is 11.1. The minimum Gasteiger partial charge on any atom is -0.327 e. The molecule has 9 heteroatoms. The molecule has 2 atom stereocenters. The van der Waals surface area contributed by atoms with E-state index in [-0.39, 0.29) is 11.7 Å². The van der Waals surface area contributed by atoms with Crippen LogP contribution in [-0.4, -0.2) is 25.9 Å². The number of amides is 1. The molecule has 1 aromatic carbocycles. The minimum absolute atomic E-state index is 0.00164. The predicted octanol–water partition coefficient (Wildman–Crippen LogP) is 2.83. The van der Waals surface area contributed by atoms with E-state index in [1.807, 2.05) is 0 Å². The van der Waals surface area contributed by atoms with Gasteiger partial charge in [-0.2, -0.15) is 13.2 Å². The Morgan fingerprint density at radius 3 is 2.50 bits per heavy atom. The molecular weight excluding hydrogens is 345 g/mol. The predicted molar refractivity (Wildman–Crippen MR) is 82.9 cm³/mol. The number of halogens is 3. The molecule has 24 heavy (non-hydrogen) atoms. The highest BCUT2D eigenvalue weighted by atomic mass is 32.2. The number of hydrogen-bond donors (Lipinski definition) is 2. The molecule has 0 aliphatic heterocycles. The molecule has 0 spiro atoms. The normalized spacial score (nSPS) is 22.7. The lowest BCUT2D eigenvalue weighted by molar-refractivity contribution is -0.120. The van der Waals surface area contributed by atoms with Crippen molar-refractivity contribution in [2.75, 3.05) is 5.32 Å². The van der Waals surface area contributed by atoms with Crippen molar-refractivity contribution in [3.05, 3.63) is 24.3 Å². The van der Waals surface area contributed by atoms with Gasteiger partial charge >= 0.3 is 5.51 Å². The first-order valence-corrected chi connectivity index (χ1v) is 9.09. The van der Waals surface area contributed by atoms with E-state index in [0.717, 1.165) is 37.5 Å². The van der Waals surface area contributed by atoms with Gasteiger partial charge in [0, 0.05) is 11.7 Å². The molecule has 5 nitrogen and oxygen atoms in total. The third-order valence-corrected chi connectivity index (χ3v) is 5.61. The molecule has 1 aromatic rings. The molecule has 1 aliphatic carbocycles. The molecular formula is C15H19F3N2O3S. The van der Waals surface area contributed by atoms with Gasteiger partial charge < -0.3 is 11.1 Å². The van der Waals surface area contributed by atoms with Gasteiger partial charge in [0.05, 0.1) is 10.8 Å². The minimum atomic E-state index is -5.45. The molecule has 1 saturated carbocycles. The standard InChI is InChI=1S/C15H19F3N2O3S/c16-15(17,18)24(22,23)11-6-4-5-10(9-11)20-14(21)12-7-2-1-3-8-13(12)19/h4-6,9,12-13H,1-3,7-8,19H2,(H,20,21)/t12-,13+/m1/s1. The fourth-order valence-electron chi connectivity index (χ4n) is 2.77. The van der Waals surface area contributed by atoms with Gasteiger partial charge in [-0.05, 0) is 31.0 Å². The van der Waals surface area contributed by atoms with Gasteiger partial charge in [0.25, 0.3) is 9.84 Å². The van der Waals surface area contributed by atoms with Crippen molar-refractivity contribution in [3.8, 4) is 0 Å². The summed E-state index contributed by atoms with van der Waals surface area (Å²) in [5.41, 5.74) is 0.596. The smallest absolute Gasteiger partial charge is 0.327 e. The van der Waals surface area contributed by atoms with Crippen LogP contribution in [0.2, 0.25) is 0 Å². The molecule has 2 rings (SSSR count). The lowest BCUT2D eigenvalue weighted by Gasteiger charge is -2.20. The summed E-state index contributed by atoms with van der Waals surface area (Å²) in [5, 5.41) is 2.48. The molecule has 0 radical (unpaired) electrons. The number of benzene rings is 1. The molecule has 134 valence electrons. The Hall–Kier alpha value is -1.61. The van der Waals surface area contributed by atoms with Crippen LogP contribution in [0.4, 0.5) is 18.9 Å². The zero-order valence-electron chi connectivity index (χ0n) is 12.8. The largest absolute Gasteiger partial charge is 0.501 e. The molecule has 0 aromatic heterocycles. The Kier molecular flexibility index (Phi) is 5.54. The second kappa shape index (κ2) is 7.10. The summed E-state index contributed by atoms with van der Waals surface area (Å²) in [6.45, 7) is 0. The van der Waals surface area contributed by atoms with Crippen molar-refractivity contribution >= 4 is 21.4 Å². The van der Waals surface area contributed by atoms with Crippen LogP contribution in [0, 0.1) is 5.92 Å². The van der Waals surface area contributed by atoms with Crippen molar-refractivity contribution in [3.63, 3.8) is 0 Å². The Balaban J connectivity index is 2.19. The Morgan fingerprint density at radius 1 is 1.17 bits per heavy atom. The maximum Gasteiger partial charge on any atom is 0.501 e. The van der Waals surface area contributed by atoms with Crippen molar-refractivity contribution in [2.24, 2.45) is 11.7 Å². The third-order valence-electron chi connectivity index (χ3n) is 4.12. The van der Waals surface area contributed by atoms with Crippen LogP contribution < -0.4 is 11.1 Å². The monoisotopic (exact) mass is 364 g/mol. The first-order valence-electron chi connectivity index (χ1n) is 7.61. The SMILES string of the molecule is N[C@H]1CCCCC[C@H]1C(=O)Nc1cccc(S(=O)(=O)C(F)(F)F)c1. The molecule has 0 bridgehead atoms. The molecule has 1 aliphatic rings. The summed E-state index contributed by atoms with van der Waals surface area (Å²) in [4.78, 5) is 11.4. The van der Waals surface area contributed by atoms with Crippen LogP contribution in [0.25, 0.3) is 0 Å². The van der Waals surface area contributed by atoms with E-state index in [0.29, 0.717) is 12.8 Å². The summed E-state index contributed by atoms with van der Waals surface area (Å²) in [6.07, 6.45) is 4.09.